The Morgan fingerprint density at radius 3 is 2.19 bits per heavy atom. The lowest BCUT2D eigenvalue weighted by atomic mass is 9.98. The van der Waals surface area contributed by atoms with E-state index < -0.39 is 0 Å². The highest BCUT2D eigenvalue weighted by Gasteiger charge is 2.04. The second kappa shape index (κ2) is 13.9. The van der Waals surface area contributed by atoms with Crippen molar-refractivity contribution in [2.75, 3.05) is 13.2 Å². The highest BCUT2D eigenvalue weighted by atomic mass is 16.5. The van der Waals surface area contributed by atoms with Crippen LogP contribution >= 0.6 is 0 Å². The molecule has 31 heavy (non-hydrogen) atoms. The van der Waals surface area contributed by atoms with Crippen molar-refractivity contribution in [1.29, 1.82) is 0 Å². The van der Waals surface area contributed by atoms with E-state index in [-0.39, 0.29) is 11.5 Å². The van der Waals surface area contributed by atoms with Crippen molar-refractivity contribution in [2.24, 2.45) is 0 Å². The number of allylic oxidation sites excluding steroid dienone is 3. The molecule has 4 nitrogen and oxygen atoms in total. The van der Waals surface area contributed by atoms with Crippen LogP contribution in [0.4, 0.5) is 0 Å². The summed E-state index contributed by atoms with van der Waals surface area (Å²) >= 11 is 0. The van der Waals surface area contributed by atoms with Crippen LogP contribution in [-0.2, 0) is 22.3 Å². The molecule has 0 bridgehead atoms. The van der Waals surface area contributed by atoms with Crippen LogP contribution in [0.2, 0.25) is 0 Å². The number of carbonyl (C=O) groups excluding carboxylic acids is 1. The molecule has 1 N–H and O–H groups in total. The van der Waals surface area contributed by atoms with E-state index in [4.69, 9.17) is 9.47 Å². The first-order valence-corrected chi connectivity index (χ1v) is 10.8. The Morgan fingerprint density at radius 2 is 1.55 bits per heavy atom. The summed E-state index contributed by atoms with van der Waals surface area (Å²) in [5, 5.41) is 9.39. The largest absolute Gasteiger partial charge is 0.508 e. The number of phenols is 1. The average molecular weight is 421 g/mol. The number of ketones is 1. The maximum atomic E-state index is 12.4. The summed E-state index contributed by atoms with van der Waals surface area (Å²) in [5.74, 6) is 0.0393. The number of carbonyl (C=O) groups is 1. The highest BCUT2D eigenvalue weighted by molar-refractivity contribution is 6.06. The Morgan fingerprint density at radius 1 is 0.903 bits per heavy atom. The van der Waals surface area contributed by atoms with Crippen LogP contribution in [-0.4, -0.2) is 24.1 Å². The fraction of sp³-hybridized carbons (Fsp3) is 0.296. The molecule has 0 aromatic heterocycles. The summed E-state index contributed by atoms with van der Waals surface area (Å²) in [5.41, 5.74) is 3.82. The van der Waals surface area contributed by atoms with Gasteiger partial charge in [0.2, 0.25) is 0 Å². The molecule has 0 unspecified atom stereocenters. The number of ether oxygens (including phenoxy) is 2. The van der Waals surface area contributed by atoms with Gasteiger partial charge in [0.1, 0.15) is 5.75 Å². The van der Waals surface area contributed by atoms with Crippen molar-refractivity contribution in [2.45, 2.75) is 39.5 Å². The molecule has 0 fully saturated rings. The van der Waals surface area contributed by atoms with Crippen LogP contribution < -0.4 is 0 Å². The first kappa shape index (κ1) is 24.0. The minimum Gasteiger partial charge on any atom is -0.508 e. The summed E-state index contributed by atoms with van der Waals surface area (Å²) in [6.07, 6.45) is 14.4. The summed E-state index contributed by atoms with van der Waals surface area (Å²) in [7, 11) is 0. The molecule has 4 heteroatoms. The zero-order chi connectivity index (χ0) is 22.3. The second-order valence-electron chi connectivity index (χ2n) is 7.17. The molecule has 0 amide bonds. The van der Waals surface area contributed by atoms with E-state index in [9.17, 15) is 9.90 Å². The summed E-state index contributed by atoms with van der Waals surface area (Å²) < 4.78 is 10.8. The van der Waals surface area contributed by atoms with Crippen LogP contribution in [0, 0.1) is 0 Å². The fourth-order valence-corrected chi connectivity index (χ4v) is 2.88. The molecule has 0 spiro atoms. The van der Waals surface area contributed by atoms with Gasteiger partial charge in [-0.05, 0) is 84.9 Å². The van der Waals surface area contributed by atoms with Gasteiger partial charge < -0.3 is 14.6 Å². The van der Waals surface area contributed by atoms with E-state index in [1.807, 2.05) is 24.3 Å². The van der Waals surface area contributed by atoms with Gasteiger partial charge in [0.15, 0.2) is 5.78 Å². The first-order chi connectivity index (χ1) is 15.1. The third kappa shape index (κ3) is 8.95. The predicted molar refractivity (Wildman–Crippen MR) is 126 cm³/mol. The van der Waals surface area contributed by atoms with E-state index >= 15 is 0 Å². The fourth-order valence-electron chi connectivity index (χ4n) is 2.88. The standard InChI is InChI=1S/C27H32O4/c1-3-17-30-19-5-7-22-9-10-23(25(21-22)8-6-20-31-18-4-2)13-16-27(29)24-11-14-26(28)15-12-24/h5-6,9-16,19-21,28H,3-4,7-8,17-18H2,1-2H3. The van der Waals surface area contributed by atoms with Crippen LogP contribution in [0.5, 0.6) is 5.75 Å². The van der Waals surface area contributed by atoms with Gasteiger partial charge in [0, 0.05) is 5.56 Å². The minimum atomic E-state index is -0.104. The maximum Gasteiger partial charge on any atom is 0.185 e. The van der Waals surface area contributed by atoms with Crippen molar-refractivity contribution in [1.82, 2.24) is 0 Å². The third-order valence-corrected chi connectivity index (χ3v) is 4.49. The highest BCUT2D eigenvalue weighted by Crippen LogP contribution is 2.18. The number of aromatic hydroxyl groups is 1. The zero-order valence-corrected chi connectivity index (χ0v) is 18.4. The van der Waals surface area contributed by atoms with E-state index in [1.165, 1.54) is 17.7 Å². The maximum absolute atomic E-state index is 12.4. The van der Waals surface area contributed by atoms with Gasteiger partial charge >= 0.3 is 0 Å². The van der Waals surface area contributed by atoms with Crippen molar-refractivity contribution in [3.05, 3.63) is 95.5 Å². The Hall–Kier alpha value is -3.27. The molecule has 2 aromatic carbocycles. The molecule has 0 saturated carbocycles. The first-order valence-electron chi connectivity index (χ1n) is 10.8. The molecular formula is C27H32O4. The molecule has 164 valence electrons. The smallest absolute Gasteiger partial charge is 0.185 e. The van der Waals surface area contributed by atoms with Crippen molar-refractivity contribution in [3.8, 4) is 5.75 Å². The Labute approximate surface area is 185 Å². The molecule has 0 aliphatic carbocycles. The monoisotopic (exact) mass is 420 g/mol. The van der Waals surface area contributed by atoms with E-state index in [0.29, 0.717) is 18.6 Å². The SMILES string of the molecule is CCCOC=CCc1ccc(C=CC(=O)c2ccc(O)cc2)c(CC=COCCC)c1. The molecule has 0 aliphatic rings. The lowest BCUT2D eigenvalue weighted by Crippen LogP contribution is -1.95. The number of phenolic OH excluding ortho intramolecular Hbond substituents is 1. The van der Waals surface area contributed by atoms with Crippen molar-refractivity contribution < 1.29 is 19.4 Å². The molecule has 0 atom stereocenters. The van der Waals surface area contributed by atoms with Gasteiger partial charge in [-0.1, -0.05) is 38.1 Å². The molecule has 2 aromatic rings. The van der Waals surface area contributed by atoms with Gasteiger partial charge in [0.05, 0.1) is 25.7 Å². The van der Waals surface area contributed by atoms with Gasteiger partial charge in [-0.15, -0.1) is 0 Å². The van der Waals surface area contributed by atoms with E-state index in [2.05, 4.69) is 26.0 Å². The number of hydrogen-bond acceptors (Lipinski definition) is 4. The van der Waals surface area contributed by atoms with Gasteiger partial charge in [-0.2, -0.15) is 0 Å². The van der Waals surface area contributed by atoms with Gasteiger partial charge in [-0.3, -0.25) is 4.79 Å². The van der Waals surface area contributed by atoms with Gasteiger partial charge in [0.25, 0.3) is 0 Å². The summed E-state index contributed by atoms with van der Waals surface area (Å²) in [6.45, 7) is 5.58. The van der Waals surface area contributed by atoms with Crippen molar-refractivity contribution >= 4 is 11.9 Å². The van der Waals surface area contributed by atoms with Crippen molar-refractivity contribution in [3.63, 3.8) is 0 Å². The van der Waals surface area contributed by atoms with Crippen LogP contribution in [0.1, 0.15) is 53.7 Å². The predicted octanol–water partition coefficient (Wildman–Crippen LogP) is 6.25. The van der Waals surface area contributed by atoms with E-state index in [1.54, 1.807) is 30.7 Å². The average Bonchev–Trinajstić information content (AvgIpc) is 2.78. The molecule has 2 rings (SSSR count). The Bertz CT molecular complexity index is 892. The lowest BCUT2D eigenvalue weighted by molar-refractivity contribution is 0.104. The number of hydrogen-bond donors (Lipinski definition) is 1. The van der Waals surface area contributed by atoms with Crippen LogP contribution in [0.15, 0.2) is 73.2 Å². The molecule has 0 saturated heterocycles. The second-order valence-corrected chi connectivity index (χ2v) is 7.17. The molecule has 0 heterocycles. The molecular weight excluding hydrogens is 388 g/mol. The molecule has 0 radical (unpaired) electrons. The quantitative estimate of drug-likeness (QED) is 0.180. The lowest BCUT2D eigenvalue weighted by Gasteiger charge is -2.07. The third-order valence-electron chi connectivity index (χ3n) is 4.49. The minimum absolute atomic E-state index is 0.104. The molecule has 0 aliphatic heterocycles. The van der Waals surface area contributed by atoms with Crippen LogP contribution in [0.3, 0.4) is 0 Å². The topological polar surface area (TPSA) is 55.8 Å². The Balaban J connectivity index is 2.14. The van der Waals surface area contributed by atoms with Crippen LogP contribution in [0.25, 0.3) is 6.08 Å². The summed E-state index contributed by atoms with van der Waals surface area (Å²) in [4.78, 5) is 12.4. The van der Waals surface area contributed by atoms with Gasteiger partial charge in [-0.25, -0.2) is 0 Å². The number of rotatable bonds is 13. The summed E-state index contributed by atoms with van der Waals surface area (Å²) in [6, 6.07) is 12.5. The van der Waals surface area contributed by atoms with E-state index in [0.717, 1.165) is 37.0 Å². The number of benzene rings is 2. The normalized spacial score (nSPS) is 11.5. The Kier molecular flexibility index (Phi) is 10.7. The zero-order valence-electron chi connectivity index (χ0n) is 18.4.